The van der Waals surface area contributed by atoms with Gasteiger partial charge in [0, 0.05) is 0 Å². The normalized spacial score (nSPS) is 6.50. The van der Waals surface area contributed by atoms with Crippen LogP contribution in [0.25, 0.3) is 0 Å². The molecule has 50 valence electrons. The van der Waals surface area contributed by atoms with Crippen molar-refractivity contribution in [3.05, 3.63) is 0 Å². The van der Waals surface area contributed by atoms with E-state index in [0.717, 1.165) is 0 Å². The van der Waals surface area contributed by atoms with E-state index in [9.17, 15) is 4.79 Å². The first-order valence-corrected chi connectivity index (χ1v) is 2.58. The number of esters is 1. The second kappa shape index (κ2) is 9.66. The van der Waals surface area contributed by atoms with Crippen LogP contribution in [0.2, 0.25) is 0 Å². The van der Waals surface area contributed by atoms with E-state index in [-0.39, 0.29) is 12.5 Å². The average molecular weight is 119 g/mol. The van der Waals surface area contributed by atoms with Crippen LogP contribution in [0.15, 0.2) is 0 Å². The van der Waals surface area contributed by atoms with Crippen molar-refractivity contribution in [2.45, 2.75) is 13.8 Å². The highest BCUT2D eigenvalue weighted by Gasteiger charge is 1.87. The smallest absolute Gasteiger partial charge is 0.319 e. The van der Waals surface area contributed by atoms with Crippen LogP contribution in [0.3, 0.4) is 0 Å². The Morgan fingerprint density at radius 1 is 1.62 bits per heavy atom. The summed E-state index contributed by atoms with van der Waals surface area (Å²) in [5, 5.41) is 0. The van der Waals surface area contributed by atoms with Gasteiger partial charge in [-0.1, -0.05) is 13.8 Å². The molecule has 0 amide bonds. The van der Waals surface area contributed by atoms with Crippen LogP contribution in [0.1, 0.15) is 13.8 Å². The first-order chi connectivity index (χ1) is 3.81. The monoisotopic (exact) mass is 119 g/mol. The van der Waals surface area contributed by atoms with E-state index < -0.39 is 0 Å². The predicted molar refractivity (Wildman–Crippen MR) is 32.4 cm³/mol. The van der Waals surface area contributed by atoms with Gasteiger partial charge in [0.25, 0.3) is 0 Å². The SMILES string of the molecule is CC.COC(=O)CN. The summed E-state index contributed by atoms with van der Waals surface area (Å²) in [4.78, 5) is 9.83. The van der Waals surface area contributed by atoms with E-state index in [0.29, 0.717) is 0 Å². The Labute approximate surface area is 49.8 Å². The molecule has 0 aromatic carbocycles. The molecule has 0 aliphatic carbocycles. The zero-order chi connectivity index (χ0) is 6.99. The maximum absolute atomic E-state index is 9.83. The third kappa shape index (κ3) is 9.06. The fourth-order valence-corrected chi connectivity index (χ4v) is 0.0833. The molecule has 0 bridgehead atoms. The van der Waals surface area contributed by atoms with Crippen molar-refractivity contribution in [1.82, 2.24) is 0 Å². The summed E-state index contributed by atoms with van der Waals surface area (Å²) in [6.45, 7) is 3.97. The minimum absolute atomic E-state index is 0.0312. The molecule has 0 atom stereocenters. The van der Waals surface area contributed by atoms with Crippen LogP contribution in [-0.4, -0.2) is 19.6 Å². The van der Waals surface area contributed by atoms with Crippen molar-refractivity contribution in [2.24, 2.45) is 5.73 Å². The molecule has 0 unspecified atom stereocenters. The van der Waals surface area contributed by atoms with E-state index >= 15 is 0 Å². The fraction of sp³-hybridized carbons (Fsp3) is 0.800. The number of methoxy groups -OCH3 is 1. The lowest BCUT2D eigenvalue weighted by Gasteiger charge is -1.87. The molecular weight excluding hydrogens is 106 g/mol. The predicted octanol–water partition coefficient (Wildman–Crippen LogP) is 0.144. The van der Waals surface area contributed by atoms with Crippen LogP contribution in [0.5, 0.6) is 0 Å². The molecule has 3 heteroatoms. The molecule has 0 fully saturated rings. The van der Waals surface area contributed by atoms with Gasteiger partial charge >= 0.3 is 5.97 Å². The number of carbonyl (C=O) groups excluding carboxylic acids is 1. The molecule has 0 aliphatic heterocycles. The summed E-state index contributed by atoms with van der Waals surface area (Å²) in [6, 6.07) is 0. The van der Waals surface area contributed by atoms with Gasteiger partial charge < -0.3 is 10.5 Å². The van der Waals surface area contributed by atoms with Crippen LogP contribution in [0, 0.1) is 0 Å². The van der Waals surface area contributed by atoms with Gasteiger partial charge in [0.15, 0.2) is 0 Å². The Morgan fingerprint density at radius 3 is 2.00 bits per heavy atom. The van der Waals surface area contributed by atoms with Gasteiger partial charge in [0.1, 0.15) is 0 Å². The van der Waals surface area contributed by atoms with Crippen molar-refractivity contribution < 1.29 is 9.53 Å². The van der Waals surface area contributed by atoms with E-state index in [1.165, 1.54) is 7.11 Å². The molecule has 0 aliphatic rings. The summed E-state index contributed by atoms with van der Waals surface area (Å²) in [6.07, 6.45) is 0. The lowest BCUT2D eigenvalue weighted by molar-refractivity contribution is -0.138. The molecule has 3 nitrogen and oxygen atoms in total. The van der Waals surface area contributed by atoms with Gasteiger partial charge in [-0.2, -0.15) is 0 Å². The standard InChI is InChI=1S/C3H7NO2.C2H6/c1-6-3(5)2-4;1-2/h2,4H2,1H3;1-2H3. The van der Waals surface area contributed by atoms with Crippen molar-refractivity contribution in [1.29, 1.82) is 0 Å². The molecule has 2 N–H and O–H groups in total. The van der Waals surface area contributed by atoms with Crippen molar-refractivity contribution in [3.63, 3.8) is 0 Å². The Hall–Kier alpha value is -0.570. The van der Waals surface area contributed by atoms with Gasteiger partial charge in [-0.25, -0.2) is 0 Å². The maximum Gasteiger partial charge on any atom is 0.319 e. The summed E-state index contributed by atoms with van der Waals surface area (Å²) >= 11 is 0. The lowest BCUT2D eigenvalue weighted by atomic mass is 10.7. The molecule has 0 heterocycles. The second-order valence-electron chi connectivity index (χ2n) is 0.780. The summed E-state index contributed by atoms with van der Waals surface area (Å²) < 4.78 is 4.14. The molecule has 0 radical (unpaired) electrons. The summed E-state index contributed by atoms with van der Waals surface area (Å²) in [5.74, 6) is -0.380. The van der Waals surface area contributed by atoms with Gasteiger partial charge in [0.05, 0.1) is 13.7 Å². The van der Waals surface area contributed by atoms with E-state index in [1.807, 2.05) is 13.8 Å². The first kappa shape index (κ1) is 10.4. The van der Waals surface area contributed by atoms with E-state index in [1.54, 1.807) is 0 Å². The van der Waals surface area contributed by atoms with Crippen molar-refractivity contribution in [2.75, 3.05) is 13.7 Å². The Balaban J connectivity index is 0. The topological polar surface area (TPSA) is 52.3 Å². The molecule has 0 aromatic heterocycles. The molecule has 0 saturated heterocycles. The number of rotatable bonds is 1. The highest BCUT2D eigenvalue weighted by Crippen LogP contribution is 1.61. The molecule has 0 spiro atoms. The third-order valence-corrected chi connectivity index (χ3v) is 0.394. The highest BCUT2D eigenvalue weighted by molar-refractivity contribution is 5.70. The van der Waals surface area contributed by atoms with Crippen molar-refractivity contribution in [3.8, 4) is 0 Å². The highest BCUT2D eigenvalue weighted by atomic mass is 16.5. The Bertz CT molecular complexity index is 48.4. The Kier molecular flexibility index (Phi) is 12.6. The summed E-state index contributed by atoms with van der Waals surface area (Å²) in [7, 11) is 1.30. The number of nitrogens with two attached hydrogens (primary N) is 1. The van der Waals surface area contributed by atoms with Crippen LogP contribution >= 0.6 is 0 Å². The van der Waals surface area contributed by atoms with Gasteiger partial charge in [-0.15, -0.1) is 0 Å². The maximum atomic E-state index is 9.83. The first-order valence-electron chi connectivity index (χ1n) is 2.58. The number of hydrogen-bond donors (Lipinski definition) is 1. The Morgan fingerprint density at radius 2 is 2.00 bits per heavy atom. The zero-order valence-corrected chi connectivity index (χ0v) is 5.60. The minimum atomic E-state index is -0.380. The van der Waals surface area contributed by atoms with Crippen LogP contribution in [-0.2, 0) is 9.53 Å². The number of ether oxygens (including phenoxy) is 1. The molecular formula is C5H13NO2. The third-order valence-electron chi connectivity index (χ3n) is 0.394. The van der Waals surface area contributed by atoms with E-state index in [2.05, 4.69) is 4.74 Å². The van der Waals surface area contributed by atoms with Gasteiger partial charge in [0.2, 0.25) is 0 Å². The summed E-state index contributed by atoms with van der Waals surface area (Å²) in [5.41, 5.74) is 4.81. The minimum Gasteiger partial charge on any atom is -0.468 e. The van der Waals surface area contributed by atoms with Crippen molar-refractivity contribution >= 4 is 5.97 Å². The zero-order valence-electron chi connectivity index (χ0n) is 5.60. The molecule has 8 heavy (non-hydrogen) atoms. The largest absolute Gasteiger partial charge is 0.468 e. The number of carbonyl (C=O) groups is 1. The number of hydrogen-bond acceptors (Lipinski definition) is 3. The molecule has 0 aromatic rings. The fourth-order valence-electron chi connectivity index (χ4n) is 0.0833. The van der Waals surface area contributed by atoms with Crippen LogP contribution < -0.4 is 5.73 Å². The van der Waals surface area contributed by atoms with Crippen LogP contribution in [0.4, 0.5) is 0 Å². The quantitative estimate of drug-likeness (QED) is 0.500. The van der Waals surface area contributed by atoms with Gasteiger partial charge in [-0.3, -0.25) is 4.79 Å². The second-order valence-corrected chi connectivity index (χ2v) is 0.780. The lowest BCUT2D eigenvalue weighted by Crippen LogP contribution is -2.14. The molecule has 0 saturated carbocycles. The van der Waals surface area contributed by atoms with Gasteiger partial charge in [-0.05, 0) is 0 Å². The average Bonchev–Trinajstić information content (AvgIpc) is 1.91. The molecule has 0 rings (SSSR count). The van der Waals surface area contributed by atoms with E-state index in [4.69, 9.17) is 5.73 Å².